The van der Waals surface area contributed by atoms with Gasteiger partial charge in [-0.2, -0.15) is 26.3 Å². The van der Waals surface area contributed by atoms with E-state index in [-0.39, 0.29) is 23.2 Å². The van der Waals surface area contributed by atoms with Gasteiger partial charge in [-0.25, -0.2) is 0 Å². The monoisotopic (exact) mass is 488 g/mol. The Labute approximate surface area is 192 Å². The largest absolute Gasteiger partial charge is 0.462 e. The summed E-state index contributed by atoms with van der Waals surface area (Å²) in [6, 6.07) is 0. The van der Waals surface area contributed by atoms with Crippen LogP contribution < -0.4 is 0 Å². The van der Waals surface area contributed by atoms with E-state index in [0.717, 1.165) is 6.42 Å². The fraction of sp³-hybridized carbons (Fsp3) is 0.958. The number of carbonyl (C=O) groups is 1. The van der Waals surface area contributed by atoms with E-state index in [9.17, 15) is 36.2 Å². The van der Waals surface area contributed by atoms with Gasteiger partial charge in [-0.3, -0.25) is 4.79 Å². The number of alkyl halides is 6. The molecular formula is C24H38F6O3. The molecule has 0 amide bonds. The molecule has 6 unspecified atom stereocenters. The lowest BCUT2D eigenvalue weighted by Crippen LogP contribution is -2.59. The van der Waals surface area contributed by atoms with Crippen LogP contribution in [-0.2, 0) is 9.53 Å². The van der Waals surface area contributed by atoms with Gasteiger partial charge < -0.3 is 9.84 Å². The summed E-state index contributed by atoms with van der Waals surface area (Å²) in [5.74, 6) is -1.50. The van der Waals surface area contributed by atoms with Crippen LogP contribution in [0.1, 0.15) is 86.5 Å². The van der Waals surface area contributed by atoms with Crippen LogP contribution in [0.3, 0.4) is 0 Å². The molecule has 0 aromatic carbocycles. The van der Waals surface area contributed by atoms with Gasteiger partial charge in [-0.05, 0) is 61.7 Å². The van der Waals surface area contributed by atoms with Crippen molar-refractivity contribution in [2.24, 2.45) is 34.5 Å². The summed E-state index contributed by atoms with van der Waals surface area (Å²) < 4.78 is 86.6. The van der Waals surface area contributed by atoms with Crippen molar-refractivity contribution in [3.63, 3.8) is 0 Å². The van der Waals surface area contributed by atoms with Crippen LogP contribution in [0.4, 0.5) is 26.3 Å². The van der Waals surface area contributed by atoms with Crippen molar-refractivity contribution in [1.29, 1.82) is 0 Å². The first kappa shape index (κ1) is 28.2. The van der Waals surface area contributed by atoms with Gasteiger partial charge in [0.15, 0.2) is 0 Å². The number of aliphatic hydroxyl groups is 1. The van der Waals surface area contributed by atoms with E-state index in [1.54, 1.807) is 6.92 Å². The highest BCUT2D eigenvalue weighted by Gasteiger charge is 2.71. The zero-order valence-corrected chi connectivity index (χ0v) is 20.4. The zero-order valence-electron chi connectivity index (χ0n) is 20.4. The third kappa shape index (κ3) is 5.81. The number of halogens is 6. The second kappa shape index (κ2) is 9.23. The van der Waals surface area contributed by atoms with E-state index >= 15 is 0 Å². The molecule has 2 fully saturated rings. The molecule has 0 aliphatic heterocycles. The minimum Gasteiger partial charge on any atom is -0.462 e. The van der Waals surface area contributed by atoms with Gasteiger partial charge in [0.05, 0.1) is 5.41 Å². The Morgan fingerprint density at radius 3 is 1.91 bits per heavy atom. The molecule has 0 radical (unpaired) electrons. The van der Waals surface area contributed by atoms with Crippen molar-refractivity contribution < 1.29 is 41.0 Å². The molecule has 0 heterocycles. The van der Waals surface area contributed by atoms with Crippen molar-refractivity contribution in [3.8, 4) is 0 Å². The van der Waals surface area contributed by atoms with Crippen molar-refractivity contribution in [2.75, 3.05) is 0 Å². The normalized spacial score (nSPS) is 27.8. The van der Waals surface area contributed by atoms with Crippen LogP contribution in [0.5, 0.6) is 0 Å². The molecule has 2 bridgehead atoms. The van der Waals surface area contributed by atoms with E-state index in [0.29, 0.717) is 32.1 Å². The molecule has 9 heteroatoms. The molecule has 6 atom stereocenters. The molecule has 2 saturated carbocycles. The van der Waals surface area contributed by atoms with Gasteiger partial charge in [-0.1, -0.05) is 47.5 Å². The number of hydrogen-bond donors (Lipinski definition) is 1. The molecule has 0 aromatic heterocycles. The molecule has 2 aliphatic carbocycles. The predicted octanol–water partition coefficient (Wildman–Crippen LogP) is 7.07. The van der Waals surface area contributed by atoms with E-state index in [4.69, 9.17) is 4.74 Å². The number of fused-ring (bicyclic) bond motifs is 2. The van der Waals surface area contributed by atoms with Gasteiger partial charge in [0.2, 0.25) is 0 Å². The molecule has 0 spiro atoms. The van der Waals surface area contributed by atoms with Crippen LogP contribution in [0, 0.1) is 34.5 Å². The summed E-state index contributed by atoms with van der Waals surface area (Å²) in [7, 11) is 0. The second-order valence-corrected chi connectivity index (χ2v) is 11.8. The summed E-state index contributed by atoms with van der Waals surface area (Å²) in [5.41, 5.74) is -6.35. The third-order valence-corrected chi connectivity index (χ3v) is 8.03. The molecule has 1 N–H and O–H groups in total. The molecule has 194 valence electrons. The fourth-order valence-electron chi connectivity index (χ4n) is 5.98. The molecule has 2 rings (SSSR count). The summed E-state index contributed by atoms with van der Waals surface area (Å²) in [4.78, 5) is 13.4. The van der Waals surface area contributed by atoms with Crippen molar-refractivity contribution >= 4 is 5.97 Å². The van der Waals surface area contributed by atoms with Crippen molar-refractivity contribution in [1.82, 2.24) is 0 Å². The highest BCUT2D eigenvalue weighted by Crippen LogP contribution is 2.54. The van der Waals surface area contributed by atoms with Crippen LogP contribution in [0.15, 0.2) is 0 Å². The lowest BCUT2D eigenvalue weighted by molar-refractivity contribution is -0.375. The second-order valence-electron chi connectivity index (χ2n) is 11.8. The molecule has 33 heavy (non-hydrogen) atoms. The first-order chi connectivity index (χ1) is 14.7. The maximum absolute atomic E-state index is 13.5. The molecule has 3 nitrogen and oxygen atoms in total. The third-order valence-electron chi connectivity index (χ3n) is 8.03. The van der Waals surface area contributed by atoms with Crippen LogP contribution >= 0.6 is 0 Å². The number of hydrogen-bond acceptors (Lipinski definition) is 3. The molecule has 0 aromatic rings. The quantitative estimate of drug-likeness (QED) is 0.294. The fourth-order valence-corrected chi connectivity index (χ4v) is 5.98. The predicted molar refractivity (Wildman–Crippen MR) is 112 cm³/mol. The summed E-state index contributed by atoms with van der Waals surface area (Å²) in [5, 5.41) is 9.90. The van der Waals surface area contributed by atoms with E-state index in [2.05, 4.69) is 0 Å². The van der Waals surface area contributed by atoms with E-state index in [1.807, 2.05) is 34.6 Å². The topological polar surface area (TPSA) is 46.5 Å². The summed E-state index contributed by atoms with van der Waals surface area (Å²) in [6.07, 6.45) is -11.7. The first-order valence-corrected chi connectivity index (χ1v) is 11.8. The van der Waals surface area contributed by atoms with Crippen LogP contribution in [0.25, 0.3) is 0 Å². The first-order valence-electron chi connectivity index (χ1n) is 11.8. The van der Waals surface area contributed by atoms with Gasteiger partial charge in [-0.15, -0.1) is 0 Å². The molecule has 2 aliphatic rings. The smallest absolute Gasteiger partial charge is 0.426 e. The van der Waals surface area contributed by atoms with E-state index < -0.39 is 47.8 Å². The number of rotatable bonds is 8. The average molecular weight is 489 g/mol. The highest BCUT2D eigenvalue weighted by molar-refractivity contribution is 5.77. The lowest BCUT2D eigenvalue weighted by atomic mass is 9.67. The Bertz CT molecular complexity index is 682. The number of carbonyl (C=O) groups excluding carboxylic acids is 1. The Morgan fingerprint density at radius 1 is 1.00 bits per heavy atom. The Morgan fingerprint density at radius 2 is 1.55 bits per heavy atom. The number of ether oxygens (including phenoxy) is 1. The van der Waals surface area contributed by atoms with Gasteiger partial charge in [0.25, 0.3) is 5.60 Å². The minimum absolute atomic E-state index is 0.101. The Hall–Kier alpha value is -0.990. The minimum atomic E-state index is -5.95. The maximum Gasteiger partial charge on any atom is 0.426 e. The van der Waals surface area contributed by atoms with Gasteiger partial charge in [0, 0.05) is 6.42 Å². The van der Waals surface area contributed by atoms with Crippen LogP contribution in [0.2, 0.25) is 0 Å². The van der Waals surface area contributed by atoms with Gasteiger partial charge in [0.1, 0.15) is 6.10 Å². The van der Waals surface area contributed by atoms with Crippen molar-refractivity contribution in [2.45, 2.75) is 111 Å². The molecule has 0 saturated heterocycles. The average Bonchev–Trinajstić information content (AvgIpc) is 3.26. The standard InChI is InChI=1S/C24H38F6O3/c1-7-14(2)21(6,13-20(3,4)5)19(31)33-18(17-11-15-8-9-16(17)10-15)12-22(32,23(25,26)27)24(28,29)30/h14-18,32H,7-13H2,1-6H3. The SMILES string of the molecule is CCC(C)C(C)(CC(C)(C)C)C(=O)OC(CC(O)(C(F)(F)F)C(F)(F)F)C1CC2CCC1C2. The van der Waals surface area contributed by atoms with Gasteiger partial charge >= 0.3 is 18.3 Å². The summed E-state index contributed by atoms with van der Waals surface area (Å²) >= 11 is 0. The lowest BCUT2D eigenvalue weighted by Gasteiger charge is -2.42. The molecular weight excluding hydrogens is 450 g/mol. The van der Waals surface area contributed by atoms with Crippen LogP contribution in [-0.4, -0.2) is 35.1 Å². The Balaban J connectivity index is 2.43. The van der Waals surface area contributed by atoms with Crippen molar-refractivity contribution in [3.05, 3.63) is 0 Å². The highest BCUT2D eigenvalue weighted by atomic mass is 19.4. The zero-order chi connectivity index (χ0) is 25.6. The Kier molecular flexibility index (Phi) is 7.90. The summed E-state index contributed by atoms with van der Waals surface area (Å²) in [6.45, 7) is 11.1. The maximum atomic E-state index is 13.5. The number of esters is 1. The van der Waals surface area contributed by atoms with E-state index in [1.165, 1.54) is 0 Å².